The number of amides is 2. The van der Waals surface area contributed by atoms with Crippen LogP contribution in [0.15, 0.2) is 41.2 Å². The number of alkyl halides is 4. The zero-order valence-electron chi connectivity index (χ0n) is 20.2. The molecule has 2 amide bonds. The van der Waals surface area contributed by atoms with Gasteiger partial charge in [0.2, 0.25) is 11.8 Å². The van der Waals surface area contributed by atoms with Crippen LogP contribution in [-0.4, -0.2) is 64.2 Å². The second kappa shape index (κ2) is 10.0. The van der Waals surface area contributed by atoms with Gasteiger partial charge in [-0.1, -0.05) is 17.3 Å². The van der Waals surface area contributed by atoms with Crippen LogP contribution >= 0.6 is 11.3 Å². The average Bonchev–Trinajstić information content (AvgIpc) is 3.63. The zero-order valence-corrected chi connectivity index (χ0v) is 21.0. The maximum absolute atomic E-state index is 14.5. The molecule has 5 heterocycles. The van der Waals surface area contributed by atoms with E-state index in [1.165, 1.54) is 17.3 Å². The van der Waals surface area contributed by atoms with Gasteiger partial charge in [-0.25, -0.2) is 19.2 Å². The van der Waals surface area contributed by atoms with Crippen LogP contribution in [0.4, 0.5) is 34.0 Å². The second-order valence-electron chi connectivity index (χ2n) is 9.26. The molecule has 1 aromatic carbocycles. The third-order valence-electron chi connectivity index (χ3n) is 6.59. The number of nitrogens with one attached hydrogen (secondary N) is 3. The molecule has 2 saturated heterocycles. The van der Waals surface area contributed by atoms with Crippen LogP contribution in [0.5, 0.6) is 0 Å². The minimum absolute atomic E-state index is 0.00961. The minimum atomic E-state index is -4.49. The van der Waals surface area contributed by atoms with Crippen molar-refractivity contribution in [1.82, 2.24) is 30.7 Å². The molecular weight excluding hydrogens is 540 g/mol. The van der Waals surface area contributed by atoms with E-state index >= 15 is 0 Å². The number of rotatable bonds is 6. The van der Waals surface area contributed by atoms with E-state index in [1.54, 1.807) is 24.3 Å². The highest BCUT2D eigenvalue weighted by molar-refractivity contribution is 7.23. The molecule has 0 aliphatic carbocycles. The van der Waals surface area contributed by atoms with Crippen molar-refractivity contribution >= 4 is 39.1 Å². The predicted octanol–water partition coefficient (Wildman–Crippen LogP) is 4.23. The summed E-state index contributed by atoms with van der Waals surface area (Å²) in [7, 11) is 0. The van der Waals surface area contributed by atoms with Crippen molar-refractivity contribution in [1.29, 1.82) is 0 Å². The summed E-state index contributed by atoms with van der Waals surface area (Å²) in [5.41, 5.74) is 0.558. The van der Waals surface area contributed by atoms with Crippen LogP contribution < -0.4 is 20.9 Å². The van der Waals surface area contributed by atoms with Gasteiger partial charge in [-0.3, -0.25) is 4.90 Å². The van der Waals surface area contributed by atoms with Crippen LogP contribution in [0, 0.1) is 0 Å². The lowest BCUT2D eigenvalue weighted by molar-refractivity contribution is -0.126. The van der Waals surface area contributed by atoms with Gasteiger partial charge in [0.15, 0.2) is 0 Å². The van der Waals surface area contributed by atoms with Gasteiger partial charge < -0.3 is 20.5 Å². The standard InChI is InChI=1S/C24H22F4N8O2S/c25-14-10-29-8-5-15(14)32-16-4-1-3-12-13(9-24(26,27)28)19(39-18(12)16)20-34-21(38-35-20)17-11-36(23(37)33-17)22-30-6-2-7-31-22/h1-4,6-7,14-15,17,29,32H,5,8-11H2,(H,33,37)/t14-,15+,17+/m0/s1. The molecule has 15 heteroatoms. The lowest BCUT2D eigenvalue weighted by Crippen LogP contribution is -2.45. The van der Waals surface area contributed by atoms with E-state index in [9.17, 15) is 22.4 Å². The highest BCUT2D eigenvalue weighted by atomic mass is 32.1. The van der Waals surface area contributed by atoms with Crippen molar-refractivity contribution in [3.8, 4) is 10.7 Å². The van der Waals surface area contributed by atoms with Crippen LogP contribution in [0.3, 0.4) is 0 Å². The molecule has 10 nitrogen and oxygen atoms in total. The number of piperidine rings is 1. The Morgan fingerprint density at radius 3 is 2.79 bits per heavy atom. The first-order chi connectivity index (χ1) is 18.8. The van der Waals surface area contributed by atoms with Crippen molar-refractivity contribution in [3.63, 3.8) is 0 Å². The number of halogens is 4. The van der Waals surface area contributed by atoms with Crippen molar-refractivity contribution < 1.29 is 26.9 Å². The number of fused-ring (bicyclic) bond motifs is 1. The van der Waals surface area contributed by atoms with Gasteiger partial charge in [0, 0.05) is 18.9 Å². The fourth-order valence-corrected chi connectivity index (χ4v) is 6.00. The van der Waals surface area contributed by atoms with Gasteiger partial charge in [0.1, 0.15) is 12.2 Å². The summed E-state index contributed by atoms with van der Waals surface area (Å²) in [6.07, 6.45) is -3.29. The number of aromatic nitrogens is 4. The summed E-state index contributed by atoms with van der Waals surface area (Å²) in [6, 6.07) is 4.95. The Balaban J connectivity index is 1.34. The van der Waals surface area contributed by atoms with Gasteiger partial charge in [0.05, 0.1) is 34.3 Å². The van der Waals surface area contributed by atoms with Gasteiger partial charge in [0.25, 0.3) is 5.89 Å². The van der Waals surface area contributed by atoms with E-state index in [0.29, 0.717) is 28.7 Å². The van der Waals surface area contributed by atoms with Gasteiger partial charge >= 0.3 is 12.2 Å². The largest absolute Gasteiger partial charge is 0.393 e. The Bertz CT molecular complexity index is 1490. The van der Waals surface area contributed by atoms with Crippen molar-refractivity contribution in [2.45, 2.75) is 37.3 Å². The van der Waals surface area contributed by atoms with Crippen LogP contribution in [0.2, 0.25) is 0 Å². The normalized spacial score (nSPS) is 21.9. The lowest BCUT2D eigenvalue weighted by Gasteiger charge is -2.28. The molecule has 0 unspecified atom stereocenters. The molecule has 0 radical (unpaired) electrons. The Kier molecular flexibility index (Phi) is 6.54. The van der Waals surface area contributed by atoms with Crippen LogP contribution in [0.1, 0.15) is 23.9 Å². The lowest BCUT2D eigenvalue weighted by atomic mass is 10.0. The maximum atomic E-state index is 14.5. The maximum Gasteiger partial charge on any atom is 0.393 e. The molecule has 0 spiro atoms. The number of carbonyl (C=O) groups is 1. The van der Waals surface area contributed by atoms with Crippen LogP contribution in [-0.2, 0) is 6.42 Å². The minimum Gasteiger partial charge on any atom is -0.378 e. The number of hydrogen-bond acceptors (Lipinski definition) is 9. The Morgan fingerprint density at radius 1 is 1.21 bits per heavy atom. The fourth-order valence-electron chi connectivity index (χ4n) is 4.77. The third kappa shape index (κ3) is 5.11. The fraction of sp³-hybridized carbons (Fsp3) is 0.375. The highest BCUT2D eigenvalue weighted by Crippen LogP contribution is 2.44. The van der Waals surface area contributed by atoms with E-state index in [1.807, 2.05) is 0 Å². The number of nitrogens with zero attached hydrogens (tertiary/aromatic N) is 5. The summed E-state index contributed by atoms with van der Waals surface area (Å²) in [6.45, 7) is 0.946. The molecule has 2 aliphatic rings. The number of urea groups is 1. The molecule has 204 valence electrons. The SMILES string of the molecule is O=C1N[C@@H](c2nc(-c3sc4c(N[C@@H]5CCNC[C@@H]5F)cccc4c3CC(F)(F)F)no2)CN1c1ncccn1. The molecular formula is C24H22F4N8O2S. The monoisotopic (exact) mass is 562 g/mol. The predicted molar refractivity (Wildman–Crippen MR) is 135 cm³/mol. The van der Waals surface area contributed by atoms with E-state index in [4.69, 9.17) is 4.52 Å². The number of hydrogen-bond donors (Lipinski definition) is 3. The number of benzene rings is 1. The van der Waals surface area contributed by atoms with Gasteiger partial charge in [-0.15, -0.1) is 11.3 Å². The Hall–Kier alpha value is -3.85. The van der Waals surface area contributed by atoms with Gasteiger partial charge in [-0.05, 0) is 36.0 Å². The molecule has 2 fully saturated rings. The first-order valence-corrected chi connectivity index (χ1v) is 13.0. The van der Waals surface area contributed by atoms with Crippen molar-refractivity contribution in [2.24, 2.45) is 0 Å². The second-order valence-corrected chi connectivity index (χ2v) is 10.3. The van der Waals surface area contributed by atoms with Crippen molar-refractivity contribution in [2.75, 3.05) is 29.9 Å². The summed E-state index contributed by atoms with van der Waals surface area (Å²) < 4.78 is 61.4. The van der Waals surface area contributed by atoms with E-state index in [-0.39, 0.29) is 41.2 Å². The average molecular weight is 563 g/mol. The van der Waals surface area contributed by atoms with Gasteiger partial charge in [-0.2, -0.15) is 18.2 Å². The smallest absolute Gasteiger partial charge is 0.378 e. The first kappa shape index (κ1) is 25.4. The highest BCUT2D eigenvalue weighted by Gasteiger charge is 2.37. The topological polar surface area (TPSA) is 121 Å². The molecule has 2 aliphatic heterocycles. The summed E-state index contributed by atoms with van der Waals surface area (Å²) >= 11 is 1.08. The molecule has 3 atom stereocenters. The molecule has 0 bridgehead atoms. The van der Waals surface area contributed by atoms with E-state index < -0.39 is 36.9 Å². The molecule has 3 N–H and O–H groups in total. The van der Waals surface area contributed by atoms with Crippen LogP contribution in [0.25, 0.3) is 20.8 Å². The van der Waals surface area contributed by atoms with E-state index in [2.05, 4.69) is 36.1 Å². The molecule has 6 rings (SSSR count). The Morgan fingerprint density at radius 2 is 2.03 bits per heavy atom. The summed E-state index contributed by atoms with van der Waals surface area (Å²) in [5, 5.41) is 13.2. The number of anilines is 2. The Labute approximate surface area is 222 Å². The third-order valence-corrected chi connectivity index (χ3v) is 7.87. The van der Waals surface area contributed by atoms with E-state index in [0.717, 1.165) is 11.3 Å². The summed E-state index contributed by atoms with van der Waals surface area (Å²) in [5.74, 6) is 0.212. The number of thiophene rings is 1. The summed E-state index contributed by atoms with van der Waals surface area (Å²) in [4.78, 5) is 26.5. The molecule has 3 aromatic heterocycles. The molecule has 39 heavy (non-hydrogen) atoms. The molecule has 0 saturated carbocycles. The van der Waals surface area contributed by atoms with Crippen molar-refractivity contribution in [3.05, 3.63) is 48.1 Å². The quantitative estimate of drug-likeness (QED) is 0.299. The molecule has 4 aromatic rings. The zero-order chi connectivity index (χ0) is 27.1. The first-order valence-electron chi connectivity index (χ1n) is 12.2. The number of carbonyl (C=O) groups excluding carboxylic acids is 1.